The van der Waals surface area contributed by atoms with Gasteiger partial charge in [0.1, 0.15) is 5.69 Å². The van der Waals surface area contributed by atoms with E-state index < -0.39 is 0 Å². The molecule has 1 aliphatic heterocycles. The van der Waals surface area contributed by atoms with Crippen molar-refractivity contribution in [3.05, 3.63) is 53.4 Å². The lowest BCUT2D eigenvalue weighted by Gasteiger charge is -2.33. The van der Waals surface area contributed by atoms with Crippen molar-refractivity contribution in [3.8, 4) is 0 Å². The van der Waals surface area contributed by atoms with E-state index in [9.17, 15) is 4.79 Å². The van der Waals surface area contributed by atoms with E-state index in [1.54, 1.807) is 6.20 Å². The molecular formula is C18H19ClN4O2. The number of benzene rings is 1. The van der Waals surface area contributed by atoms with Gasteiger partial charge in [0.15, 0.2) is 0 Å². The summed E-state index contributed by atoms with van der Waals surface area (Å²) in [5, 5.41) is 5.62. The van der Waals surface area contributed by atoms with Crippen LogP contribution in [0.5, 0.6) is 0 Å². The van der Waals surface area contributed by atoms with Crippen LogP contribution in [0.15, 0.2) is 42.7 Å². The Morgan fingerprint density at radius 2 is 2.20 bits per heavy atom. The molecule has 0 bridgehead atoms. The fourth-order valence-electron chi connectivity index (χ4n) is 3.37. The number of carbonyl (C=O) groups excluding carboxylic acids is 1. The highest BCUT2D eigenvalue weighted by Gasteiger charge is 2.29. The molecule has 1 aromatic carbocycles. The largest absolute Gasteiger partial charge is 0.373 e. The highest BCUT2D eigenvalue weighted by atomic mass is 35.5. The molecule has 6 nitrogen and oxygen atoms in total. The number of hydrogen-bond acceptors (Lipinski definition) is 3. The summed E-state index contributed by atoms with van der Waals surface area (Å²) in [5.74, 6) is -0.0579. The third-order valence-corrected chi connectivity index (χ3v) is 5.01. The summed E-state index contributed by atoms with van der Waals surface area (Å²) in [7, 11) is 1.88. The predicted octanol–water partition coefficient (Wildman–Crippen LogP) is 2.57. The Morgan fingerprint density at radius 1 is 1.36 bits per heavy atom. The highest BCUT2D eigenvalue weighted by Crippen LogP contribution is 2.31. The molecule has 0 radical (unpaired) electrons. The smallest absolute Gasteiger partial charge is 0.272 e. The number of ether oxygens (including phenoxy) is 1. The lowest BCUT2D eigenvalue weighted by atomic mass is 10.2. The molecule has 3 aromatic rings. The van der Waals surface area contributed by atoms with Gasteiger partial charge in [0.2, 0.25) is 0 Å². The Balaban J connectivity index is 1.58. The zero-order chi connectivity index (χ0) is 17.4. The van der Waals surface area contributed by atoms with Gasteiger partial charge < -0.3 is 14.2 Å². The second-order valence-electron chi connectivity index (χ2n) is 6.21. The molecule has 1 fully saturated rings. The molecule has 0 N–H and O–H groups in total. The van der Waals surface area contributed by atoms with Crippen molar-refractivity contribution >= 4 is 28.4 Å². The Morgan fingerprint density at radius 3 is 2.96 bits per heavy atom. The van der Waals surface area contributed by atoms with Gasteiger partial charge in [0.25, 0.3) is 5.91 Å². The number of nitrogens with zero attached hydrogens (tertiary/aromatic N) is 4. The summed E-state index contributed by atoms with van der Waals surface area (Å²) in [4.78, 5) is 14.9. The first-order valence-electron chi connectivity index (χ1n) is 8.26. The van der Waals surface area contributed by atoms with Crippen LogP contribution >= 0.6 is 11.6 Å². The molecular weight excluding hydrogens is 340 g/mol. The SMILES string of the molecule is Cn1c(C(=O)N2CCOC(Cn3cccn3)C2)c(Cl)c2ccccc21. The van der Waals surface area contributed by atoms with Gasteiger partial charge in [-0.05, 0) is 12.1 Å². The van der Waals surface area contributed by atoms with Crippen LogP contribution in [0, 0.1) is 0 Å². The average molecular weight is 359 g/mol. The van der Waals surface area contributed by atoms with Gasteiger partial charge in [-0.3, -0.25) is 9.48 Å². The van der Waals surface area contributed by atoms with E-state index in [1.165, 1.54) is 0 Å². The second kappa shape index (κ2) is 6.54. The van der Waals surface area contributed by atoms with Gasteiger partial charge in [-0.2, -0.15) is 5.10 Å². The third kappa shape index (κ3) is 2.92. The number of rotatable bonds is 3. The van der Waals surface area contributed by atoms with E-state index >= 15 is 0 Å². The van der Waals surface area contributed by atoms with Gasteiger partial charge in [-0.1, -0.05) is 29.8 Å². The summed E-state index contributed by atoms with van der Waals surface area (Å²) in [6, 6.07) is 9.66. The highest BCUT2D eigenvalue weighted by molar-refractivity contribution is 6.38. The predicted molar refractivity (Wildman–Crippen MR) is 95.8 cm³/mol. The minimum absolute atomic E-state index is 0.0579. The lowest BCUT2D eigenvalue weighted by Crippen LogP contribution is -2.47. The van der Waals surface area contributed by atoms with E-state index in [4.69, 9.17) is 16.3 Å². The van der Waals surface area contributed by atoms with Crippen LogP contribution in [-0.2, 0) is 18.3 Å². The van der Waals surface area contributed by atoms with Crippen molar-refractivity contribution in [2.75, 3.05) is 19.7 Å². The molecule has 0 spiro atoms. The molecule has 1 atom stereocenters. The molecule has 1 amide bonds. The molecule has 4 rings (SSSR count). The molecule has 1 aliphatic rings. The van der Waals surface area contributed by atoms with Crippen LogP contribution in [0.25, 0.3) is 10.9 Å². The Kier molecular flexibility index (Phi) is 4.23. The van der Waals surface area contributed by atoms with Gasteiger partial charge in [0.05, 0.1) is 24.3 Å². The maximum atomic E-state index is 13.1. The number of hydrogen-bond donors (Lipinski definition) is 0. The molecule has 7 heteroatoms. The zero-order valence-corrected chi connectivity index (χ0v) is 14.7. The summed E-state index contributed by atoms with van der Waals surface area (Å²) >= 11 is 6.51. The molecule has 1 unspecified atom stereocenters. The van der Waals surface area contributed by atoms with Crippen LogP contribution in [0.2, 0.25) is 5.02 Å². The summed E-state index contributed by atoms with van der Waals surface area (Å²) in [6.07, 6.45) is 3.55. The van der Waals surface area contributed by atoms with Crippen LogP contribution < -0.4 is 0 Å². The fourth-order valence-corrected chi connectivity index (χ4v) is 3.73. The van der Waals surface area contributed by atoms with Crippen LogP contribution in [0.1, 0.15) is 10.5 Å². The molecule has 0 saturated carbocycles. The van der Waals surface area contributed by atoms with Crippen LogP contribution in [-0.4, -0.2) is 51.0 Å². The number of amides is 1. The van der Waals surface area contributed by atoms with Crippen molar-refractivity contribution in [1.29, 1.82) is 0 Å². The Hall–Kier alpha value is -2.31. The maximum absolute atomic E-state index is 13.1. The van der Waals surface area contributed by atoms with Crippen molar-refractivity contribution in [2.45, 2.75) is 12.6 Å². The number of aromatic nitrogens is 3. The van der Waals surface area contributed by atoms with E-state index in [-0.39, 0.29) is 12.0 Å². The zero-order valence-electron chi connectivity index (χ0n) is 13.9. The van der Waals surface area contributed by atoms with E-state index in [0.717, 1.165) is 10.9 Å². The van der Waals surface area contributed by atoms with Gasteiger partial charge in [0, 0.05) is 43.4 Å². The van der Waals surface area contributed by atoms with Crippen molar-refractivity contribution in [1.82, 2.24) is 19.2 Å². The van der Waals surface area contributed by atoms with Gasteiger partial charge in [-0.25, -0.2) is 0 Å². The fraction of sp³-hybridized carbons (Fsp3) is 0.333. The standard InChI is InChI=1S/C18H19ClN4O2/c1-21-15-6-3-2-5-14(15)16(19)17(21)18(24)22-9-10-25-13(11-22)12-23-8-4-7-20-23/h2-8,13H,9-12H2,1H3. The first-order valence-corrected chi connectivity index (χ1v) is 8.64. The van der Waals surface area contributed by atoms with E-state index in [2.05, 4.69) is 5.10 Å². The molecule has 2 aromatic heterocycles. The maximum Gasteiger partial charge on any atom is 0.272 e. The monoisotopic (exact) mass is 358 g/mol. The minimum Gasteiger partial charge on any atom is -0.373 e. The van der Waals surface area contributed by atoms with Gasteiger partial charge >= 0.3 is 0 Å². The normalized spacial score (nSPS) is 18.0. The van der Waals surface area contributed by atoms with Crippen molar-refractivity contribution in [3.63, 3.8) is 0 Å². The summed E-state index contributed by atoms with van der Waals surface area (Å²) < 4.78 is 9.49. The molecule has 25 heavy (non-hydrogen) atoms. The molecule has 1 saturated heterocycles. The number of aryl methyl sites for hydroxylation is 1. The third-order valence-electron chi connectivity index (χ3n) is 4.62. The topological polar surface area (TPSA) is 52.3 Å². The van der Waals surface area contributed by atoms with E-state index in [1.807, 2.05) is 57.7 Å². The summed E-state index contributed by atoms with van der Waals surface area (Å²) in [6.45, 7) is 2.22. The number of carbonyl (C=O) groups is 1. The molecule has 3 heterocycles. The van der Waals surface area contributed by atoms with E-state index in [0.29, 0.717) is 37.0 Å². The Labute approximate surface area is 150 Å². The minimum atomic E-state index is -0.0777. The number of morpholine rings is 1. The Bertz CT molecular complexity index is 864. The number of para-hydroxylation sites is 1. The second-order valence-corrected chi connectivity index (χ2v) is 6.59. The first kappa shape index (κ1) is 16.2. The summed E-state index contributed by atoms with van der Waals surface area (Å²) in [5.41, 5.74) is 1.49. The lowest BCUT2D eigenvalue weighted by molar-refractivity contribution is -0.0302. The average Bonchev–Trinajstić information content (AvgIpc) is 3.22. The van der Waals surface area contributed by atoms with Gasteiger partial charge in [-0.15, -0.1) is 0 Å². The van der Waals surface area contributed by atoms with Crippen LogP contribution in [0.4, 0.5) is 0 Å². The molecule has 130 valence electrons. The first-order chi connectivity index (χ1) is 12.1. The van der Waals surface area contributed by atoms with Crippen molar-refractivity contribution in [2.24, 2.45) is 7.05 Å². The number of halogens is 1. The molecule has 0 aliphatic carbocycles. The quantitative estimate of drug-likeness (QED) is 0.723. The van der Waals surface area contributed by atoms with Crippen molar-refractivity contribution < 1.29 is 9.53 Å². The van der Waals surface area contributed by atoms with Crippen LogP contribution in [0.3, 0.4) is 0 Å². The number of fused-ring (bicyclic) bond motifs is 1.